The number of phenolic OH excluding ortho intramolecular Hbond substituents is 1. The van der Waals surface area contributed by atoms with Crippen molar-refractivity contribution in [3.63, 3.8) is 0 Å². The molecule has 1 aliphatic heterocycles. The standard InChI is InChI=1S/C32H28N4O4/c1-40-30-13-9-27(10-14-30)34-31(38)25-7-11-28(12-8-25)35-15-17-36(18-16-35)32(39)26-19-24(21-33-22-26)6-5-23-3-2-4-29(37)20-23/h2-4,7-14,19-22,37H,15-18H2,1H3,(H,34,38). The summed E-state index contributed by atoms with van der Waals surface area (Å²) in [4.78, 5) is 34.0. The Morgan fingerprint density at radius 2 is 1.57 bits per heavy atom. The smallest absolute Gasteiger partial charge is 0.255 e. The molecule has 200 valence electrons. The molecule has 0 saturated carbocycles. The van der Waals surface area contributed by atoms with Crippen LogP contribution in [0.4, 0.5) is 11.4 Å². The third kappa shape index (κ3) is 6.40. The molecule has 8 nitrogen and oxygen atoms in total. The van der Waals surface area contributed by atoms with Crippen molar-refractivity contribution in [1.29, 1.82) is 0 Å². The zero-order chi connectivity index (χ0) is 27.9. The molecule has 0 atom stereocenters. The van der Waals surface area contributed by atoms with Gasteiger partial charge in [-0.25, -0.2) is 0 Å². The zero-order valence-electron chi connectivity index (χ0n) is 22.0. The molecule has 5 rings (SSSR count). The summed E-state index contributed by atoms with van der Waals surface area (Å²) in [6.45, 7) is 2.48. The number of pyridine rings is 1. The number of piperazine rings is 1. The number of hydrogen-bond donors (Lipinski definition) is 2. The SMILES string of the molecule is COc1ccc(NC(=O)c2ccc(N3CCN(C(=O)c4cncc(C#Cc5cccc(O)c5)c4)CC3)cc2)cc1. The average Bonchev–Trinajstić information content (AvgIpc) is 3.00. The maximum absolute atomic E-state index is 13.2. The number of rotatable bonds is 5. The number of carbonyl (C=O) groups excluding carboxylic acids is 2. The van der Waals surface area contributed by atoms with E-state index in [4.69, 9.17) is 4.74 Å². The lowest BCUT2D eigenvalue weighted by molar-refractivity contribution is 0.0746. The Balaban J connectivity index is 1.16. The number of aromatic hydroxyl groups is 1. The first-order chi connectivity index (χ1) is 19.5. The van der Waals surface area contributed by atoms with Gasteiger partial charge in [-0.3, -0.25) is 14.6 Å². The first kappa shape index (κ1) is 26.3. The summed E-state index contributed by atoms with van der Waals surface area (Å²) in [5.41, 5.74) is 4.05. The number of amides is 2. The molecule has 1 aromatic heterocycles. The Morgan fingerprint density at radius 3 is 2.27 bits per heavy atom. The molecule has 2 N–H and O–H groups in total. The fourth-order valence-corrected chi connectivity index (χ4v) is 4.40. The fourth-order valence-electron chi connectivity index (χ4n) is 4.40. The number of nitrogens with one attached hydrogen (secondary N) is 1. The Morgan fingerprint density at radius 1 is 0.850 bits per heavy atom. The monoisotopic (exact) mass is 532 g/mol. The number of aromatic nitrogens is 1. The maximum Gasteiger partial charge on any atom is 0.255 e. The number of hydrogen-bond acceptors (Lipinski definition) is 6. The number of benzene rings is 3. The van der Waals surface area contributed by atoms with E-state index in [2.05, 4.69) is 27.0 Å². The van der Waals surface area contributed by atoms with Crippen LogP contribution in [0.5, 0.6) is 11.5 Å². The number of phenols is 1. The minimum Gasteiger partial charge on any atom is -0.508 e. The minimum absolute atomic E-state index is 0.0845. The van der Waals surface area contributed by atoms with Crippen LogP contribution < -0.4 is 15.0 Å². The third-order valence-electron chi connectivity index (χ3n) is 6.59. The molecule has 0 radical (unpaired) electrons. The molecule has 0 aliphatic carbocycles. The maximum atomic E-state index is 13.2. The van der Waals surface area contributed by atoms with E-state index in [0.29, 0.717) is 54.1 Å². The molecule has 2 amide bonds. The van der Waals surface area contributed by atoms with Gasteiger partial charge in [0.15, 0.2) is 0 Å². The van der Waals surface area contributed by atoms with Gasteiger partial charge in [0.2, 0.25) is 0 Å². The van der Waals surface area contributed by atoms with Crippen molar-refractivity contribution in [3.05, 3.63) is 114 Å². The average molecular weight is 533 g/mol. The minimum atomic E-state index is -0.186. The summed E-state index contributed by atoms with van der Waals surface area (Å²) in [5, 5.41) is 12.5. The summed E-state index contributed by atoms with van der Waals surface area (Å²) in [6, 6.07) is 23.1. The van der Waals surface area contributed by atoms with Gasteiger partial charge in [-0.1, -0.05) is 17.9 Å². The van der Waals surface area contributed by atoms with Gasteiger partial charge >= 0.3 is 0 Å². The molecule has 3 aromatic carbocycles. The van der Waals surface area contributed by atoms with Crippen LogP contribution in [0.1, 0.15) is 31.8 Å². The highest BCUT2D eigenvalue weighted by Gasteiger charge is 2.23. The molecule has 1 saturated heterocycles. The van der Waals surface area contributed by atoms with E-state index in [1.807, 2.05) is 17.0 Å². The van der Waals surface area contributed by atoms with E-state index >= 15 is 0 Å². The van der Waals surface area contributed by atoms with E-state index in [0.717, 1.165) is 11.4 Å². The quantitative estimate of drug-likeness (QED) is 0.370. The van der Waals surface area contributed by atoms with Gasteiger partial charge in [0, 0.05) is 66.6 Å². The van der Waals surface area contributed by atoms with Crippen LogP contribution in [-0.4, -0.2) is 60.1 Å². The summed E-state index contributed by atoms with van der Waals surface area (Å²) in [7, 11) is 1.60. The van der Waals surface area contributed by atoms with Crippen molar-refractivity contribution in [1.82, 2.24) is 9.88 Å². The molecule has 1 aliphatic rings. The van der Waals surface area contributed by atoms with E-state index in [-0.39, 0.29) is 17.6 Å². The van der Waals surface area contributed by atoms with Crippen LogP contribution in [-0.2, 0) is 0 Å². The van der Waals surface area contributed by atoms with Crippen molar-refractivity contribution in [2.75, 3.05) is 43.5 Å². The normalized spacial score (nSPS) is 12.7. The molecule has 4 aromatic rings. The van der Waals surface area contributed by atoms with Gasteiger partial charge in [-0.05, 0) is 72.8 Å². The lowest BCUT2D eigenvalue weighted by atomic mass is 10.1. The second-order valence-corrected chi connectivity index (χ2v) is 9.27. The largest absolute Gasteiger partial charge is 0.508 e. The van der Waals surface area contributed by atoms with Crippen molar-refractivity contribution in [2.45, 2.75) is 0 Å². The molecule has 2 heterocycles. The second kappa shape index (κ2) is 12.0. The predicted molar refractivity (Wildman–Crippen MR) is 154 cm³/mol. The van der Waals surface area contributed by atoms with E-state index in [9.17, 15) is 14.7 Å². The highest BCUT2D eigenvalue weighted by atomic mass is 16.5. The van der Waals surface area contributed by atoms with E-state index < -0.39 is 0 Å². The summed E-state index contributed by atoms with van der Waals surface area (Å²) in [5.74, 6) is 6.61. The van der Waals surface area contributed by atoms with Crippen molar-refractivity contribution in [2.24, 2.45) is 0 Å². The van der Waals surface area contributed by atoms with Gasteiger partial charge in [-0.2, -0.15) is 0 Å². The third-order valence-corrected chi connectivity index (χ3v) is 6.59. The topological polar surface area (TPSA) is 95.0 Å². The predicted octanol–water partition coefficient (Wildman–Crippen LogP) is 4.41. The van der Waals surface area contributed by atoms with E-state index in [1.54, 1.807) is 86.2 Å². The fraction of sp³-hybridized carbons (Fsp3) is 0.156. The molecule has 1 fully saturated rings. The second-order valence-electron chi connectivity index (χ2n) is 9.27. The summed E-state index contributed by atoms with van der Waals surface area (Å²) < 4.78 is 5.15. The van der Waals surface area contributed by atoms with Gasteiger partial charge in [-0.15, -0.1) is 0 Å². The summed E-state index contributed by atoms with van der Waals surface area (Å²) in [6.07, 6.45) is 3.18. The van der Waals surface area contributed by atoms with Crippen molar-refractivity contribution in [3.8, 4) is 23.3 Å². The van der Waals surface area contributed by atoms with Crippen molar-refractivity contribution < 1.29 is 19.4 Å². The zero-order valence-corrected chi connectivity index (χ0v) is 22.0. The highest BCUT2D eigenvalue weighted by molar-refractivity contribution is 6.04. The van der Waals surface area contributed by atoms with Crippen LogP contribution in [0.2, 0.25) is 0 Å². The summed E-state index contributed by atoms with van der Waals surface area (Å²) >= 11 is 0. The Labute approximate surface area is 232 Å². The van der Waals surface area contributed by atoms with E-state index in [1.165, 1.54) is 0 Å². The number of carbonyl (C=O) groups is 2. The highest BCUT2D eigenvalue weighted by Crippen LogP contribution is 2.20. The van der Waals surface area contributed by atoms with Gasteiger partial charge < -0.3 is 25.0 Å². The lowest BCUT2D eigenvalue weighted by Gasteiger charge is -2.36. The molecule has 0 spiro atoms. The molecule has 8 heteroatoms. The van der Waals surface area contributed by atoms with Gasteiger partial charge in [0.25, 0.3) is 11.8 Å². The van der Waals surface area contributed by atoms with Crippen molar-refractivity contribution >= 4 is 23.2 Å². The molecule has 0 bridgehead atoms. The molecular formula is C32H28N4O4. The number of nitrogens with zero attached hydrogens (tertiary/aromatic N) is 3. The van der Waals surface area contributed by atoms with Gasteiger partial charge in [0.1, 0.15) is 11.5 Å². The first-order valence-electron chi connectivity index (χ1n) is 12.8. The van der Waals surface area contributed by atoms with Crippen LogP contribution >= 0.6 is 0 Å². The molecular weight excluding hydrogens is 504 g/mol. The Hall–Kier alpha value is -5.29. The Bertz CT molecular complexity index is 1570. The molecule has 0 unspecified atom stereocenters. The number of methoxy groups -OCH3 is 1. The number of ether oxygens (including phenoxy) is 1. The van der Waals surface area contributed by atoms with Gasteiger partial charge in [0.05, 0.1) is 12.7 Å². The first-order valence-corrected chi connectivity index (χ1v) is 12.8. The van der Waals surface area contributed by atoms with Crippen LogP contribution in [0.25, 0.3) is 0 Å². The lowest BCUT2D eigenvalue weighted by Crippen LogP contribution is -2.48. The van der Waals surface area contributed by atoms with Crippen LogP contribution in [0.15, 0.2) is 91.3 Å². The van der Waals surface area contributed by atoms with Crippen LogP contribution in [0.3, 0.4) is 0 Å². The Kier molecular flexibility index (Phi) is 7.93. The number of anilines is 2. The molecule has 40 heavy (non-hydrogen) atoms. The van der Waals surface area contributed by atoms with Crippen LogP contribution in [0, 0.1) is 11.8 Å².